The molecule has 0 aliphatic carbocycles. The molecule has 1 aromatic rings. The number of nitriles is 1. The number of ether oxygens (including phenoxy) is 1. The van der Waals surface area contributed by atoms with E-state index < -0.39 is 5.82 Å². The summed E-state index contributed by atoms with van der Waals surface area (Å²) in [4.78, 5) is 10.8. The van der Waals surface area contributed by atoms with Crippen LogP contribution in [0.15, 0.2) is 24.3 Å². The molecule has 4 heteroatoms. The van der Waals surface area contributed by atoms with E-state index in [1.807, 2.05) is 0 Å². The maximum Gasteiger partial charge on any atom is 0.309 e. The van der Waals surface area contributed by atoms with E-state index in [1.54, 1.807) is 12.1 Å². The van der Waals surface area contributed by atoms with Crippen LogP contribution in [0.4, 0.5) is 4.39 Å². The van der Waals surface area contributed by atoms with Gasteiger partial charge in [0.1, 0.15) is 11.9 Å². The van der Waals surface area contributed by atoms with Crippen LogP contribution in [0.2, 0.25) is 0 Å². The Labute approximate surface area is 92.8 Å². The number of hydrogen-bond donors (Lipinski definition) is 0. The molecule has 0 atom stereocenters. The van der Waals surface area contributed by atoms with E-state index in [0.29, 0.717) is 5.56 Å². The van der Waals surface area contributed by atoms with Gasteiger partial charge < -0.3 is 4.74 Å². The zero-order valence-electron chi connectivity index (χ0n) is 8.74. The first-order valence-electron chi connectivity index (χ1n) is 4.61. The first-order valence-corrected chi connectivity index (χ1v) is 4.61. The number of methoxy groups -OCH3 is 1. The molecule has 82 valence electrons. The number of carbonyl (C=O) groups excluding carboxylic acids is 1. The minimum atomic E-state index is -0.567. The van der Waals surface area contributed by atoms with Gasteiger partial charge in [-0.2, -0.15) is 5.26 Å². The quantitative estimate of drug-likeness (QED) is 0.733. The highest BCUT2D eigenvalue weighted by molar-refractivity contribution is 5.73. The highest BCUT2D eigenvalue weighted by Crippen LogP contribution is 2.14. The van der Waals surface area contributed by atoms with E-state index in [0.717, 1.165) is 0 Å². The molecule has 0 spiro atoms. The van der Waals surface area contributed by atoms with Crippen LogP contribution in [-0.2, 0) is 9.53 Å². The van der Waals surface area contributed by atoms with Gasteiger partial charge >= 0.3 is 5.97 Å². The third kappa shape index (κ3) is 2.92. The van der Waals surface area contributed by atoms with Crippen molar-refractivity contribution in [1.82, 2.24) is 0 Å². The summed E-state index contributed by atoms with van der Waals surface area (Å²) in [5, 5.41) is 8.74. The number of benzene rings is 1. The van der Waals surface area contributed by atoms with Gasteiger partial charge in [0.05, 0.1) is 19.1 Å². The normalized spacial score (nSPS) is 10.1. The third-order valence-corrected chi connectivity index (χ3v) is 1.97. The molecule has 0 aromatic heterocycles. The van der Waals surface area contributed by atoms with Crippen molar-refractivity contribution in [2.45, 2.75) is 6.42 Å². The average Bonchev–Trinajstić information content (AvgIpc) is 2.29. The molecule has 0 aliphatic heterocycles. The van der Waals surface area contributed by atoms with Crippen LogP contribution in [0.25, 0.3) is 6.08 Å². The molecule has 0 heterocycles. The summed E-state index contributed by atoms with van der Waals surface area (Å²) in [6, 6.07) is 6.11. The number of hydrogen-bond acceptors (Lipinski definition) is 3. The van der Waals surface area contributed by atoms with E-state index in [-0.39, 0.29) is 18.0 Å². The van der Waals surface area contributed by atoms with Crippen LogP contribution in [0.3, 0.4) is 0 Å². The van der Waals surface area contributed by atoms with Crippen molar-refractivity contribution < 1.29 is 13.9 Å². The molecule has 0 saturated heterocycles. The number of rotatable bonds is 3. The Hall–Kier alpha value is -2.15. The lowest BCUT2D eigenvalue weighted by Crippen LogP contribution is -1.96. The third-order valence-electron chi connectivity index (χ3n) is 1.97. The van der Waals surface area contributed by atoms with E-state index in [9.17, 15) is 9.18 Å². The molecule has 0 aliphatic rings. The standard InChI is InChI=1S/C12H10FNO2/c1-16-12(15)7-3-5-9-4-2-6-11(13)10(9)8-14/h2-6H,7H2,1H3. The zero-order chi connectivity index (χ0) is 12.0. The molecule has 0 bridgehead atoms. The molecule has 0 saturated carbocycles. The van der Waals surface area contributed by atoms with Gasteiger partial charge in [-0.3, -0.25) is 4.79 Å². The van der Waals surface area contributed by atoms with Crippen LogP contribution in [0.5, 0.6) is 0 Å². The van der Waals surface area contributed by atoms with Gasteiger partial charge in [-0.1, -0.05) is 24.3 Å². The molecule has 0 unspecified atom stereocenters. The summed E-state index contributed by atoms with van der Waals surface area (Å²) in [6.45, 7) is 0. The van der Waals surface area contributed by atoms with Crippen molar-refractivity contribution in [3.8, 4) is 6.07 Å². The first-order chi connectivity index (χ1) is 7.69. The van der Waals surface area contributed by atoms with Crippen molar-refractivity contribution in [2.24, 2.45) is 0 Å². The molecule has 16 heavy (non-hydrogen) atoms. The van der Waals surface area contributed by atoms with Crippen LogP contribution in [-0.4, -0.2) is 13.1 Å². The van der Waals surface area contributed by atoms with Gasteiger partial charge in [0.15, 0.2) is 0 Å². The predicted molar refractivity (Wildman–Crippen MR) is 56.8 cm³/mol. The second-order valence-corrected chi connectivity index (χ2v) is 3.00. The lowest BCUT2D eigenvalue weighted by Gasteiger charge is -1.98. The zero-order valence-corrected chi connectivity index (χ0v) is 8.74. The molecule has 1 rings (SSSR count). The molecule has 0 amide bonds. The van der Waals surface area contributed by atoms with Crippen LogP contribution in [0.1, 0.15) is 17.5 Å². The lowest BCUT2D eigenvalue weighted by atomic mass is 10.1. The highest BCUT2D eigenvalue weighted by Gasteiger charge is 2.04. The van der Waals surface area contributed by atoms with Crippen LogP contribution < -0.4 is 0 Å². The Morgan fingerprint density at radius 2 is 2.38 bits per heavy atom. The highest BCUT2D eigenvalue weighted by atomic mass is 19.1. The second-order valence-electron chi connectivity index (χ2n) is 3.00. The fourth-order valence-corrected chi connectivity index (χ4v) is 1.16. The van der Waals surface area contributed by atoms with E-state index in [4.69, 9.17) is 5.26 Å². The number of carbonyl (C=O) groups is 1. The second kappa shape index (κ2) is 5.66. The van der Waals surface area contributed by atoms with Crippen LogP contribution in [0, 0.1) is 17.1 Å². The number of halogens is 1. The van der Waals surface area contributed by atoms with Crippen LogP contribution >= 0.6 is 0 Å². The summed E-state index contributed by atoms with van der Waals surface area (Å²) < 4.78 is 17.6. The minimum Gasteiger partial charge on any atom is -0.469 e. The largest absolute Gasteiger partial charge is 0.469 e. The molecule has 1 aromatic carbocycles. The van der Waals surface area contributed by atoms with Gasteiger partial charge in [-0.25, -0.2) is 4.39 Å². The van der Waals surface area contributed by atoms with Crippen molar-refractivity contribution >= 4 is 12.0 Å². The van der Waals surface area contributed by atoms with Gasteiger partial charge in [0.25, 0.3) is 0 Å². The molecule has 0 radical (unpaired) electrons. The van der Waals surface area contributed by atoms with Gasteiger partial charge in [0.2, 0.25) is 0 Å². The molecule has 3 nitrogen and oxygen atoms in total. The smallest absolute Gasteiger partial charge is 0.309 e. The van der Waals surface area contributed by atoms with Gasteiger partial charge in [0, 0.05) is 0 Å². The van der Waals surface area contributed by atoms with E-state index in [1.165, 1.54) is 31.4 Å². The van der Waals surface area contributed by atoms with E-state index in [2.05, 4.69) is 4.74 Å². The fraction of sp³-hybridized carbons (Fsp3) is 0.167. The summed E-state index contributed by atoms with van der Waals surface area (Å²) in [7, 11) is 1.29. The molecular formula is C12H10FNO2. The van der Waals surface area contributed by atoms with Gasteiger partial charge in [-0.05, 0) is 11.6 Å². The SMILES string of the molecule is COC(=O)CC=Cc1cccc(F)c1C#N. The Morgan fingerprint density at radius 1 is 1.62 bits per heavy atom. The Bertz CT molecular complexity index is 461. The molecule has 0 N–H and O–H groups in total. The topological polar surface area (TPSA) is 50.1 Å². The average molecular weight is 219 g/mol. The van der Waals surface area contributed by atoms with Crippen molar-refractivity contribution in [3.05, 3.63) is 41.2 Å². The van der Waals surface area contributed by atoms with Crippen molar-refractivity contribution in [2.75, 3.05) is 7.11 Å². The Balaban J connectivity index is 2.86. The maximum absolute atomic E-state index is 13.2. The van der Waals surface area contributed by atoms with Crippen molar-refractivity contribution in [3.63, 3.8) is 0 Å². The fourth-order valence-electron chi connectivity index (χ4n) is 1.16. The molecule has 0 fully saturated rings. The predicted octanol–water partition coefficient (Wildman–Crippen LogP) is 2.27. The Kier molecular flexibility index (Phi) is 4.22. The summed E-state index contributed by atoms with van der Waals surface area (Å²) in [6.07, 6.45) is 3.15. The van der Waals surface area contributed by atoms with Crippen molar-refractivity contribution in [1.29, 1.82) is 5.26 Å². The van der Waals surface area contributed by atoms with Gasteiger partial charge in [-0.15, -0.1) is 0 Å². The minimum absolute atomic E-state index is 0.0244. The maximum atomic E-state index is 13.2. The lowest BCUT2D eigenvalue weighted by molar-refractivity contribution is -0.139. The Morgan fingerprint density at radius 3 is 3.00 bits per heavy atom. The first kappa shape index (κ1) is 11.9. The summed E-state index contributed by atoms with van der Waals surface area (Å²) in [5.41, 5.74) is 0.426. The number of esters is 1. The summed E-state index contributed by atoms with van der Waals surface area (Å²) in [5.74, 6) is -0.950. The monoisotopic (exact) mass is 219 g/mol. The molecular weight excluding hydrogens is 209 g/mol. The summed E-state index contributed by atoms with van der Waals surface area (Å²) >= 11 is 0. The number of nitrogens with zero attached hydrogens (tertiary/aromatic N) is 1. The van der Waals surface area contributed by atoms with E-state index >= 15 is 0 Å².